The Balaban J connectivity index is 1.49. The van der Waals surface area contributed by atoms with E-state index >= 15 is 0 Å². The number of aromatic nitrogens is 3. The van der Waals surface area contributed by atoms with Gasteiger partial charge in [0, 0.05) is 56.7 Å². The summed E-state index contributed by atoms with van der Waals surface area (Å²) < 4.78 is 0. The monoisotopic (exact) mass is 467 g/mol. The normalized spacial score (nSPS) is 25.8. The zero-order valence-electron chi connectivity index (χ0n) is 20.9. The number of rotatable bonds is 9. The maximum atomic E-state index is 9.88. The number of piperazine rings is 1. The van der Waals surface area contributed by atoms with E-state index in [1.165, 1.54) is 5.56 Å². The van der Waals surface area contributed by atoms with Gasteiger partial charge in [0.15, 0.2) is 0 Å². The van der Waals surface area contributed by atoms with E-state index in [1.54, 1.807) is 0 Å². The summed E-state index contributed by atoms with van der Waals surface area (Å²) >= 11 is 0. The number of aliphatic hydroxyl groups excluding tert-OH is 1. The van der Waals surface area contributed by atoms with Crippen molar-refractivity contribution in [3.05, 3.63) is 30.1 Å². The highest BCUT2D eigenvalue weighted by molar-refractivity contribution is 5.73. The first-order valence-corrected chi connectivity index (χ1v) is 13.0. The molecule has 4 rings (SSSR count). The predicted molar refractivity (Wildman–Crippen MR) is 138 cm³/mol. The Hall–Kier alpha value is -2.29. The lowest BCUT2D eigenvalue weighted by molar-refractivity contribution is 0.126. The van der Waals surface area contributed by atoms with E-state index in [0.29, 0.717) is 24.1 Å². The minimum absolute atomic E-state index is 0.176. The zero-order valence-corrected chi connectivity index (χ0v) is 20.9. The number of pyridine rings is 1. The van der Waals surface area contributed by atoms with E-state index in [1.807, 2.05) is 12.4 Å². The van der Waals surface area contributed by atoms with Crippen LogP contribution in [0.5, 0.6) is 0 Å². The Bertz CT molecular complexity index is 889. The van der Waals surface area contributed by atoms with Gasteiger partial charge < -0.3 is 21.1 Å². The van der Waals surface area contributed by atoms with Gasteiger partial charge in [0.05, 0.1) is 17.4 Å². The van der Waals surface area contributed by atoms with Gasteiger partial charge in [0.25, 0.3) is 0 Å². The van der Waals surface area contributed by atoms with Crippen molar-refractivity contribution in [2.45, 2.75) is 90.1 Å². The highest BCUT2D eigenvalue weighted by atomic mass is 16.3. The maximum Gasteiger partial charge on any atom is 0.224 e. The van der Waals surface area contributed by atoms with E-state index in [9.17, 15) is 5.11 Å². The number of unbranched alkanes of at least 4 members (excludes halogenated alkanes) is 1. The summed E-state index contributed by atoms with van der Waals surface area (Å²) in [5.41, 5.74) is 3.02. The molecule has 8 heteroatoms. The maximum absolute atomic E-state index is 9.88. The van der Waals surface area contributed by atoms with Crippen molar-refractivity contribution >= 4 is 11.8 Å². The molecule has 34 heavy (non-hydrogen) atoms. The van der Waals surface area contributed by atoms with Gasteiger partial charge in [0.2, 0.25) is 5.95 Å². The number of hydrogen-bond acceptors (Lipinski definition) is 8. The molecule has 4 N–H and O–H groups in total. The van der Waals surface area contributed by atoms with Crippen LogP contribution in [0, 0.1) is 0 Å². The fourth-order valence-electron chi connectivity index (χ4n) is 5.06. The van der Waals surface area contributed by atoms with E-state index < -0.39 is 0 Å². The summed E-state index contributed by atoms with van der Waals surface area (Å²) in [5.74, 6) is 1.47. The molecule has 2 aromatic heterocycles. The first kappa shape index (κ1) is 24.8. The van der Waals surface area contributed by atoms with Crippen LogP contribution >= 0.6 is 0 Å². The summed E-state index contributed by atoms with van der Waals surface area (Å²) in [6.45, 7) is 10.5. The molecule has 1 saturated carbocycles. The summed E-state index contributed by atoms with van der Waals surface area (Å²) in [5, 5.41) is 20.4. The van der Waals surface area contributed by atoms with Crippen LogP contribution in [0.2, 0.25) is 0 Å². The van der Waals surface area contributed by atoms with Crippen molar-refractivity contribution in [3.8, 4) is 11.3 Å². The van der Waals surface area contributed by atoms with Crippen LogP contribution in [0.4, 0.5) is 11.8 Å². The summed E-state index contributed by atoms with van der Waals surface area (Å²) in [6, 6.07) is 5.58. The molecule has 0 spiro atoms. The molecule has 0 aromatic carbocycles. The average molecular weight is 468 g/mol. The van der Waals surface area contributed by atoms with E-state index in [4.69, 9.17) is 9.97 Å². The second-order valence-corrected chi connectivity index (χ2v) is 10.1. The van der Waals surface area contributed by atoms with Crippen molar-refractivity contribution in [1.29, 1.82) is 0 Å². The van der Waals surface area contributed by atoms with E-state index in [2.05, 4.69) is 58.7 Å². The van der Waals surface area contributed by atoms with Crippen molar-refractivity contribution in [1.82, 2.24) is 25.2 Å². The molecule has 186 valence electrons. The highest BCUT2D eigenvalue weighted by Gasteiger charge is 2.23. The largest absolute Gasteiger partial charge is 0.393 e. The molecule has 1 aliphatic carbocycles. The van der Waals surface area contributed by atoms with Gasteiger partial charge in [-0.05, 0) is 57.6 Å². The molecular weight excluding hydrogens is 426 g/mol. The first-order chi connectivity index (χ1) is 16.5. The van der Waals surface area contributed by atoms with Crippen LogP contribution < -0.4 is 16.0 Å². The lowest BCUT2D eigenvalue weighted by atomic mass is 9.93. The Labute approximate surface area is 204 Å². The van der Waals surface area contributed by atoms with Crippen molar-refractivity contribution in [3.63, 3.8) is 0 Å². The van der Waals surface area contributed by atoms with Crippen molar-refractivity contribution in [2.75, 3.05) is 30.3 Å². The molecule has 3 heterocycles. The SMILES string of the molecule is CCCCNc1ncc(-c2ccc(CN3CC(C)NC(C)C3)cn2)c(N[C@H]2CC[C@H](O)CC2)n1. The van der Waals surface area contributed by atoms with Crippen LogP contribution in [0.3, 0.4) is 0 Å². The fourth-order valence-corrected chi connectivity index (χ4v) is 5.06. The fraction of sp³-hybridized carbons (Fsp3) is 0.654. The topological polar surface area (TPSA) is 98.2 Å². The molecule has 2 atom stereocenters. The second kappa shape index (κ2) is 11.9. The van der Waals surface area contributed by atoms with Gasteiger partial charge >= 0.3 is 0 Å². The van der Waals surface area contributed by atoms with Crippen LogP contribution in [0.15, 0.2) is 24.5 Å². The van der Waals surface area contributed by atoms with Crippen LogP contribution in [-0.4, -0.2) is 68.8 Å². The number of anilines is 2. The van der Waals surface area contributed by atoms with Gasteiger partial charge in [-0.3, -0.25) is 9.88 Å². The third-order valence-corrected chi connectivity index (χ3v) is 6.78. The van der Waals surface area contributed by atoms with Crippen molar-refractivity contribution in [2.24, 2.45) is 0 Å². The third-order valence-electron chi connectivity index (χ3n) is 6.78. The molecule has 0 radical (unpaired) electrons. The van der Waals surface area contributed by atoms with Crippen molar-refractivity contribution < 1.29 is 5.11 Å². The smallest absolute Gasteiger partial charge is 0.224 e. The minimum Gasteiger partial charge on any atom is -0.393 e. The van der Waals surface area contributed by atoms with Gasteiger partial charge in [0.1, 0.15) is 5.82 Å². The second-order valence-electron chi connectivity index (χ2n) is 10.1. The van der Waals surface area contributed by atoms with E-state index in [-0.39, 0.29) is 6.10 Å². The Morgan fingerprint density at radius 1 is 1.06 bits per heavy atom. The van der Waals surface area contributed by atoms with E-state index in [0.717, 1.165) is 81.8 Å². The molecule has 8 nitrogen and oxygen atoms in total. The number of hydrogen-bond donors (Lipinski definition) is 4. The number of aliphatic hydroxyl groups is 1. The summed E-state index contributed by atoms with van der Waals surface area (Å²) in [4.78, 5) is 16.7. The van der Waals surface area contributed by atoms with Gasteiger partial charge in [-0.1, -0.05) is 19.4 Å². The zero-order chi connectivity index (χ0) is 23.9. The van der Waals surface area contributed by atoms with Crippen LogP contribution in [0.25, 0.3) is 11.3 Å². The van der Waals surface area contributed by atoms with Gasteiger partial charge in [-0.15, -0.1) is 0 Å². The van der Waals surface area contributed by atoms with Gasteiger partial charge in [-0.2, -0.15) is 4.98 Å². The Morgan fingerprint density at radius 3 is 2.50 bits per heavy atom. The summed E-state index contributed by atoms with van der Waals surface area (Å²) in [7, 11) is 0. The van der Waals surface area contributed by atoms with Crippen LogP contribution in [0.1, 0.15) is 64.9 Å². The van der Waals surface area contributed by atoms with Crippen LogP contribution in [-0.2, 0) is 6.54 Å². The average Bonchev–Trinajstić information content (AvgIpc) is 2.81. The quantitative estimate of drug-likeness (QED) is 0.415. The standard InChI is InChI=1S/C26H41N7O/c1-4-5-12-27-26-29-14-23(25(32-26)31-21-7-9-22(34)10-8-21)24-11-6-20(13-28-24)17-33-15-18(2)30-19(3)16-33/h6,11,13-14,18-19,21-22,30,34H,4-5,7-10,12,15-17H2,1-3H3,(H2,27,29,31,32)/t18?,19?,21-,22-. The lowest BCUT2D eigenvalue weighted by Crippen LogP contribution is -2.53. The molecule has 2 aromatic rings. The lowest BCUT2D eigenvalue weighted by Gasteiger charge is -2.36. The molecule has 1 aliphatic heterocycles. The Kier molecular flexibility index (Phi) is 8.69. The highest BCUT2D eigenvalue weighted by Crippen LogP contribution is 2.29. The first-order valence-electron chi connectivity index (χ1n) is 13.0. The molecular formula is C26H41N7O. The molecule has 2 unspecified atom stereocenters. The van der Waals surface area contributed by atoms with Gasteiger partial charge in [-0.25, -0.2) is 4.98 Å². The molecule has 0 amide bonds. The Morgan fingerprint density at radius 2 is 1.82 bits per heavy atom. The molecule has 2 fully saturated rings. The molecule has 0 bridgehead atoms. The predicted octanol–water partition coefficient (Wildman–Crippen LogP) is 3.65. The molecule has 1 saturated heterocycles. The number of nitrogens with one attached hydrogen (secondary N) is 3. The third kappa shape index (κ3) is 6.87. The molecule has 2 aliphatic rings. The number of nitrogens with zero attached hydrogens (tertiary/aromatic N) is 4. The summed E-state index contributed by atoms with van der Waals surface area (Å²) in [6.07, 6.45) is 9.44. The minimum atomic E-state index is -0.176.